The van der Waals surface area contributed by atoms with Gasteiger partial charge < -0.3 is 4.74 Å². The van der Waals surface area contributed by atoms with Crippen LogP contribution in [-0.4, -0.2) is 16.1 Å². The molecule has 3 nitrogen and oxygen atoms in total. The zero-order valence-corrected chi connectivity index (χ0v) is 9.66. The third-order valence-electron chi connectivity index (χ3n) is 2.60. The maximum Gasteiger partial charge on any atom is 0.220 e. The Morgan fingerprint density at radius 2 is 2.13 bits per heavy atom. The van der Waals surface area contributed by atoms with Gasteiger partial charge in [0.25, 0.3) is 0 Å². The lowest BCUT2D eigenvalue weighted by Gasteiger charge is -2.14. The number of hydrogen-bond donors (Lipinski definition) is 0. The Kier molecular flexibility index (Phi) is 2.89. The molecule has 0 amide bonds. The Hall–Kier alpha value is -1.12. The molecule has 0 aromatic carbocycles. The van der Waals surface area contributed by atoms with Crippen molar-refractivity contribution in [3.8, 4) is 5.88 Å². The summed E-state index contributed by atoms with van der Waals surface area (Å²) in [5.74, 6) is 1.45. The third-order valence-corrected chi connectivity index (χ3v) is 2.60. The lowest BCUT2D eigenvalue weighted by atomic mass is 10.1. The fourth-order valence-corrected chi connectivity index (χ4v) is 1.77. The van der Waals surface area contributed by atoms with E-state index in [9.17, 15) is 0 Å². The molecule has 3 heteroatoms. The molecule has 1 aromatic heterocycles. The van der Waals surface area contributed by atoms with Crippen LogP contribution in [0.5, 0.6) is 5.88 Å². The van der Waals surface area contributed by atoms with E-state index in [1.54, 1.807) is 6.33 Å². The number of ether oxygens (including phenoxy) is 1. The molecule has 0 atom stereocenters. The maximum absolute atomic E-state index is 5.70. The zero-order valence-electron chi connectivity index (χ0n) is 9.66. The van der Waals surface area contributed by atoms with Crippen molar-refractivity contribution in [3.63, 3.8) is 0 Å². The Bertz CT molecular complexity index is 345. The van der Waals surface area contributed by atoms with E-state index in [2.05, 4.69) is 16.9 Å². The summed E-state index contributed by atoms with van der Waals surface area (Å²) < 4.78 is 5.70. The van der Waals surface area contributed by atoms with Crippen molar-refractivity contribution in [2.24, 2.45) is 0 Å². The Balaban J connectivity index is 2.31. The van der Waals surface area contributed by atoms with Gasteiger partial charge in [0.1, 0.15) is 6.33 Å². The number of aromatic nitrogens is 2. The molecule has 82 valence electrons. The molecule has 1 aliphatic rings. The summed E-state index contributed by atoms with van der Waals surface area (Å²) in [6.45, 7) is 6.19. The van der Waals surface area contributed by atoms with Crippen molar-refractivity contribution in [3.05, 3.63) is 17.6 Å². The number of hydrogen-bond acceptors (Lipinski definition) is 3. The molecule has 1 aliphatic carbocycles. The van der Waals surface area contributed by atoms with Crippen molar-refractivity contribution >= 4 is 0 Å². The maximum atomic E-state index is 5.70. The summed E-state index contributed by atoms with van der Waals surface area (Å²) in [5.41, 5.74) is 2.41. The SMILES string of the molecule is CCc1c(OC(C)C)ncnc1C1CC1. The highest BCUT2D eigenvalue weighted by molar-refractivity contribution is 5.34. The van der Waals surface area contributed by atoms with Gasteiger partial charge in [-0.3, -0.25) is 0 Å². The van der Waals surface area contributed by atoms with Crippen molar-refractivity contribution in [1.29, 1.82) is 0 Å². The molecule has 1 saturated carbocycles. The first kappa shape index (κ1) is 10.4. The van der Waals surface area contributed by atoms with Gasteiger partial charge in [-0.15, -0.1) is 0 Å². The molecule has 0 aliphatic heterocycles. The molecule has 1 aromatic rings. The molecule has 0 saturated heterocycles. The van der Waals surface area contributed by atoms with Crippen molar-refractivity contribution < 1.29 is 4.74 Å². The van der Waals surface area contributed by atoms with E-state index in [1.807, 2.05) is 13.8 Å². The van der Waals surface area contributed by atoms with Crippen LogP contribution in [0, 0.1) is 0 Å². The highest BCUT2D eigenvalue weighted by Crippen LogP contribution is 2.42. The van der Waals surface area contributed by atoms with Gasteiger partial charge in [-0.2, -0.15) is 0 Å². The van der Waals surface area contributed by atoms with Crippen molar-refractivity contribution in [1.82, 2.24) is 9.97 Å². The van der Waals surface area contributed by atoms with Gasteiger partial charge in [0.05, 0.1) is 11.8 Å². The Morgan fingerprint density at radius 1 is 1.40 bits per heavy atom. The van der Waals surface area contributed by atoms with E-state index >= 15 is 0 Å². The summed E-state index contributed by atoms with van der Waals surface area (Å²) in [4.78, 5) is 8.62. The van der Waals surface area contributed by atoms with Gasteiger partial charge >= 0.3 is 0 Å². The second-order valence-corrected chi connectivity index (χ2v) is 4.34. The molecule has 0 bridgehead atoms. The molecule has 0 N–H and O–H groups in total. The summed E-state index contributed by atoms with van der Waals surface area (Å²) in [6.07, 6.45) is 5.30. The minimum absolute atomic E-state index is 0.178. The van der Waals surface area contributed by atoms with Crippen LogP contribution in [0.2, 0.25) is 0 Å². The second-order valence-electron chi connectivity index (χ2n) is 4.34. The second kappa shape index (κ2) is 4.17. The quantitative estimate of drug-likeness (QED) is 0.759. The minimum atomic E-state index is 0.178. The third kappa shape index (κ3) is 2.28. The average Bonchev–Trinajstić information content (AvgIpc) is 2.99. The summed E-state index contributed by atoms with van der Waals surface area (Å²) in [6, 6.07) is 0. The van der Waals surface area contributed by atoms with Crippen LogP contribution in [0.1, 0.15) is 50.8 Å². The van der Waals surface area contributed by atoms with Gasteiger partial charge in [0, 0.05) is 11.5 Å². The fraction of sp³-hybridized carbons (Fsp3) is 0.667. The normalized spacial score (nSPS) is 15.7. The first-order valence-corrected chi connectivity index (χ1v) is 5.72. The van der Waals surface area contributed by atoms with Crippen molar-refractivity contribution in [2.45, 2.75) is 52.1 Å². The smallest absolute Gasteiger partial charge is 0.220 e. The molecular weight excluding hydrogens is 188 g/mol. The Morgan fingerprint density at radius 3 is 2.67 bits per heavy atom. The first-order chi connectivity index (χ1) is 7.22. The molecule has 0 radical (unpaired) electrons. The van der Waals surface area contributed by atoms with Crippen LogP contribution in [0.25, 0.3) is 0 Å². The summed E-state index contributed by atoms with van der Waals surface area (Å²) >= 11 is 0. The average molecular weight is 206 g/mol. The highest BCUT2D eigenvalue weighted by Gasteiger charge is 2.28. The van der Waals surface area contributed by atoms with Crippen LogP contribution in [0.4, 0.5) is 0 Å². The van der Waals surface area contributed by atoms with Gasteiger partial charge in [0.2, 0.25) is 5.88 Å². The van der Waals surface area contributed by atoms with Crippen LogP contribution < -0.4 is 4.74 Å². The van der Waals surface area contributed by atoms with E-state index in [0.717, 1.165) is 12.3 Å². The molecule has 0 unspecified atom stereocenters. The molecule has 2 rings (SSSR count). The minimum Gasteiger partial charge on any atom is -0.475 e. The van der Waals surface area contributed by atoms with Gasteiger partial charge in [-0.05, 0) is 33.1 Å². The summed E-state index contributed by atoms with van der Waals surface area (Å²) in [7, 11) is 0. The standard InChI is InChI=1S/C12H18N2O/c1-4-10-11(9-5-6-9)13-7-14-12(10)15-8(2)3/h7-9H,4-6H2,1-3H3. The van der Waals surface area contributed by atoms with Crippen LogP contribution >= 0.6 is 0 Å². The molecule has 1 heterocycles. The molecule has 15 heavy (non-hydrogen) atoms. The van der Waals surface area contributed by atoms with E-state index in [4.69, 9.17) is 4.74 Å². The molecular formula is C12H18N2O. The van der Waals surface area contributed by atoms with E-state index in [0.29, 0.717) is 5.92 Å². The Labute approximate surface area is 90.9 Å². The topological polar surface area (TPSA) is 35.0 Å². The van der Waals surface area contributed by atoms with Crippen LogP contribution in [0.3, 0.4) is 0 Å². The monoisotopic (exact) mass is 206 g/mol. The lowest BCUT2D eigenvalue weighted by Crippen LogP contribution is -2.10. The van der Waals surface area contributed by atoms with Crippen LogP contribution in [0.15, 0.2) is 6.33 Å². The molecule has 1 fully saturated rings. The molecule has 0 spiro atoms. The van der Waals surface area contributed by atoms with Gasteiger partial charge in [-0.1, -0.05) is 6.92 Å². The van der Waals surface area contributed by atoms with Crippen LogP contribution in [-0.2, 0) is 6.42 Å². The van der Waals surface area contributed by atoms with E-state index < -0.39 is 0 Å². The number of rotatable bonds is 4. The lowest BCUT2D eigenvalue weighted by molar-refractivity contribution is 0.229. The van der Waals surface area contributed by atoms with Gasteiger partial charge in [0.15, 0.2) is 0 Å². The fourth-order valence-electron chi connectivity index (χ4n) is 1.77. The van der Waals surface area contributed by atoms with E-state index in [1.165, 1.54) is 24.1 Å². The van der Waals surface area contributed by atoms with Gasteiger partial charge in [-0.25, -0.2) is 9.97 Å². The summed E-state index contributed by atoms with van der Waals surface area (Å²) in [5, 5.41) is 0. The predicted molar refractivity (Wildman–Crippen MR) is 59.1 cm³/mol. The largest absolute Gasteiger partial charge is 0.475 e. The van der Waals surface area contributed by atoms with E-state index in [-0.39, 0.29) is 6.10 Å². The predicted octanol–water partition coefficient (Wildman–Crippen LogP) is 2.70. The van der Waals surface area contributed by atoms with Crippen molar-refractivity contribution in [2.75, 3.05) is 0 Å². The first-order valence-electron chi connectivity index (χ1n) is 5.72. The number of nitrogens with zero attached hydrogens (tertiary/aromatic N) is 2. The highest BCUT2D eigenvalue weighted by atomic mass is 16.5. The zero-order chi connectivity index (χ0) is 10.8.